The minimum Gasteiger partial charge on any atom is -0.487 e. The van der Waals surface area contributed by atoms with Gasteiger partial charge in [0.25, 0.3) is 5.56 Å². The number of hydrogen-bond acceptors (Lipinski definition) is 8. The lowest BCUT2D eigenvalue weighted by Gasteiger charge is -2.25. The molecule has 0 saturated carbocycles. The summed E-state index contributed by atoms with van der Waals surface area (Å²) in [5.41, 5.74) is 3.30. The van der Waals surface area contributed by atoms with Crippen molar-refractivity contribution in [1.29, 1.82) is 0 Å². The van der Waals surface area contributed by atoms with E-state index in [1.807, 2.05) is 42.5 Å². The lowest BCUT2D eigenvalue weighted by atomic mass is 9.93. The first-order valence-electron chi connectivity index (χ1n) is 15.6. The Morgan fingerprint density at radius 1 is 0.960 bits per heavy atom. The zero-order valence-corrected chi connectivity index (χ0v) is 31.4. The molecule has 0 unspecified atom stereocenters. The van der Waals surface area contributed by atoms with Crippen LogP contribution in [0, 0.1) is 9.39 Å². The maximum absolute atomic E-state index is 14.4. The maximum Gasteiger partial charge on any atom is 0.338 e. The number of fused-ring (bicyclic) bond motifs is 1. The number of benzene rings is 4. The van der Waals surface area contributed by atoms with Crippen LogP contribution in [0.5, 0.6) is 5.75 Å². The Labute approximate surface area is 312 Å². The highest BCUT2D eigenvalue weighted by molar-refractivity contribution is 14.1. The largest absolute Gasteiger partial charge is 0.487 e. The zero-order valence-electron chi connectivity index (χ0n) is 26.8. The van der Waals surface area contributed by atoms with Gasteiger partial charge in [-0.3, -0.25) is 9.36 Å². The lowest BCUT2D eigenvalue weighted by molar-refractivity contribution is -0.138. The Balaban J connectivity index is 1.48. The second-order valence-corrected chi connectivity index (χ2v) is 14.1. The van der Waals surface area contributed by atoms with Crippen LogP contribution in [0.1, 0.15) is 52.5 Å². The van der Waals surface area contributed by atoms with Gasteiger partial charge in [0.1, 0.15) is 18.2 Å². The van der Waals surface area contributed by atoms with Crippen LogP contribution in [-0.4, -0.2) is 29.7 Å². The fourth-order valence-corrected chi connectivity index (χ4v) is 8.19. The second kappa shape index (κ2) is 15.7. The van der Waals surface area contributed by atoms with Crippen molar-refractivity contribution in [3.8, 4) is 5.75 Å². The van der Waals surface area contributed by atoms with Crippen LogP contribution in [0.25, 0.3) is 11.8 Å². The smallest absolute Gasteiger partial charge is 0.338 e. The first kappa shape index (κ1) is 35.4. The Morgan fingerprint density at radius 3 is 2.32 bits per heavy atom. The first-order chi connectivity index (χ1) is 24.2. The first-order valence-corrected chi connectivity index (χ1v) is 18.3. The number of hydrogen-bond donors (Lipinski definition) is 0. The number of ether oxygens (including phenoxy) is 3. The topological polar surface area (TPSA) is 96.2 Å². The molecule has 0 radical (unpaired) electrons. The molecule has 1 aliphatic rings. The average Bonchev–Trinajstić information content (AvgIpc) is 3.42. The maximum atomic E-state index is 14.4. The van der Waals surface area contributed by atoms with Gasteiger partial charge in [-0.05, 0) is 90.0 Å². The van der Waals surface area contributed by atoms with Crippen LogP contribution in [0.2, 0.25) is 0 Å². The molecule has 8 nitrogen and oxygen atoms in total. The van der Waals surface area contributed by atoms with E-state index in [2.05, 4.69) is 38.5 Å². The molecule has 1 aliphatic heterocycles. The Hall–Kier alpha value is -4.40. The van der Waals surface area contributed by atoms with Crippen molar-refractivity contribution in [3.05, 3.63) is 158 Å². The van der Waals surface area contributed by atoms with Gasteiger partial charge in [0.05, 0.1) is 44.2 Å². The lowest BCUT2D eigenvalue weighted by Crippen LogP contribution is -2.40. The molecule has 0 spiro atoms. The van der Waals surface area contributed by atoms with Gasteiger partial charge in [0.15, 0.2) is 4.80 Å². The molecule has 0 fully saturated rings. The van der Waals surface area contributed by atoms with Crippen molar-refractivity contribution in [1.82, 2.24) is 4.57 Å². The van der Waals surface area contributed by atoms with E-state index in [4.69, 9.17) is 19.2 Å². The van der Waals surface area contributed by atoms with Crippen molar-refractivity contribution >= 4 is 73.6 Å². The quantitative estimate of drug-likeness (QED) is 0.109. The summed E-state index contributed by atoms with van der Waals surface area (Å²) >= 11 is 6.93. The molecule has 0 aliphatic carbocycles. The number of aromatic nitrogens is 1. The van der Waals surface area contributed by atoms with Crippen LogP contribution >= 0.6 is 49.9 Å². The summed E-state index contributed by atoms with van der Waals surface area (Å²) < 4.78 is 34.4. The van der Waals surface area contributed by atoms with Crippen molar-refractivity contribution in [3.63, 3.8) is 0 Å². The molecule has 0 amide bonds. The molecule has 12 heteroatoms. The molecule has 1 atom stereocenters. The van der Waals surface area contributed by atoms with E-state index in [0.29, 0.717) is 49.6 Å². The van der Waals surface area contributed by atoms with Crippen molar-refractivity contribution in [2.75, 3.05) is 13.2 Å². The fraction of sp³-hybridized carbons (Fsp3) is 0.158. The molecular formula is C38H29BrFIN2O6S. The van der Waals surface area contributed by atoms with Crippen LogP contribution in [-0.2, 0) is 20.9 Å². The second-order valence-electron chi connectivity index (χ2n) is 11.0. The highest BCUT2D eigenvalue weighted by Gasteiger charge is 2.35. The summed E-state index contributed by atoms with van der Waals surface area (Å²) in [4.78, 5) is 45.4. The zero-order chi connectivity index (χ0) is 35.4. The number of carbonyl (C=O) groups excluding carboxylic acids is 2. The summed E-state index contributed by atoms with van der Waals surface area (Å²) in [5.74, 6) is -0.899. The third kappa shape index (κ3) is 7.52. The van der Waals surface area contributed by atoms with E-state index in [1.54, 1.807) is 56.3 Å². The number of esters is 2. The van der Waals surface area contributed by atoms with Gasteiger partial charge in [0, 0.05) is 15.6 Å². The third-order valence-corrected chi connectivity index (χ3v) is 9.97. The number of nitrogens with zero attached hydrogens (tertiary/aromatic N) is 2. The minimum atomic E-state index is -0.931. The SMILES string of the molecule is CCOC(=O)C1=C(c2ccccc2)N=c2s/c(=C\c3cc(Br)cc(I)c3OCc3ccc(C(=O)OCC)cc3)c(=O)n2[C@H]1c1ccc(F)cc1. The number of thiazole rings is 1. The van der Waals surface area contributed by atoms with E-state index >= 15 is 0 Å². The van der Waals surface area contributed by atoms with E-state index in [-0.39, 0.29) is 24.3 Å². The average molecular weight is 868 g/mol. The molecular weight excluding hydrogens is 838 g/mol. The molecule has 1 aromatic heterocycles. The highest BCUT2D eigenvalue weighted by Crippen LogP contribution is 2.36. The monoisotopic (exact) mass is 866 g/mol. The highest BCUT2D eigenvalue weighted by atomic mass is 127. The summed E-state index contributed by atoms with van der Waals surface area (Å²) in [6.45, 7) is 4.08. The molecule has 2 heterocycles. The molecule has 6 rings (SSSR count). The van der Waals surface area contributed by atoms with Gasteiger partial charge in [-0.1, -0.05) is 81.9 Å². The summed E-state index contributed by atoms with van der Waals surface area (Å²) in [6, 6.07) is 24.8. The predicted molar refractivity (Wildman–Crippen MR) is 201 cm³/mol. The molecule has 5 aromatic rings. The molecule has 50 heavy (non-hydrogen) atoms. The van der Waals surface area contributed by atoms with Gasteiger partial charge in [-0.25, -0.2) is 19.0 Å². The minimum absolute atomic E-state index is 0.116. The summed E-state index contributed by atoms with van der Waals surface area (Å²) in [6.07, 6.45) is 1.74. The van der Waals surface area contributed by atoms with E-state index in [1.165, 1.54) is 28.0 Å². The standard InChI is InChI=1S/C38H29BrFIN2O6S/c1-3-47-36(45)25-12-10-22(11-13-25)21-49-34-26(18-27(39)20-29(34)41)19-30-35(44)43-33(24-14-16-28(40)17-15-24)31(37(46)48-4-2)32(42-38(43)50-30)23-8-6-5-7-9-23/h5-20,33H,3-4,21H2,1-2H3/b30-19-/t33-/m0/s1. The van der Waals surface area contributed by atoms with Crippen molar-refractivity contribution in [2.45, 2.75) is 26.5 Å². The van der Waals surface area contributed by atoms with Gasteiger partial charge in [-0.15, -0.1) is 0 Å². The van der Waals surface area contributed by atoms with E-state index in [0.717, 1.165) is 13.6 Å². The van der Waals surface area contributed by atoms with Crippen LogP contribution in [0.4, 0.5) is 4.39 Å². The number of carbonyl (C=O) groups is 2. The van der Waals surface area contributed by atoms with Crippen LogP contribution in [0.3, 0.4) is 0 Å². The van der Waals surface area contributed by atoms with Gasteiger partial charge >= 0.3 is 11.9 Å². The molecule has 0 saturated heterocycles. The van der Waals surface area contributed by atoms with Gasteiger partial charge < -0.3 is 14.2 Å². The molecule has 0 bridgehead atoms. The molecule has 0 N–H and O–H groups in total. The predicted octanol–water partition coefficient (Wildman–Crippen LogP) is 7.20. The Kier molecular flexibility index (Phi) is 11.1. The Bertz CT molecular complexity index is 2290. The summed E-state index contributed by atoms with van der Waals surface area (Å²) in [5, 5.41) is 0. The molecule has 254 valence electrons. The van der Waals surface area contributed by atoms with E-state index in [9.17, 15) is 18.8 Å². The number of rotatable bonds is 10. The van der Waals surface area contributed by atoms with Crippen LogP contribution < -0.4 is 19.6 Å². The number of halogens is 3. The molecule has 4 aromatic carbocycles. The van der Waals surface area contributed by atoms with Gasteiger partial charge in [-0.2, -0.15) is 0 Å². The third-order valence-electron chi connectivity index (χ3n) is 7.73. The summed E-state index contributed by atoms with van der Waals surface area (Å²) in [7, 11) is 0. The fourth-order valence-electron chi connectivity index (χ4n) is 5.49. The van der Waals surface area contributed by atoms with Crippen molar-refractivity contribution in [2.24, 2.45) is 4.99 Å². The van der Waals surface area contributed by atoms with Gasteiger partial charge in [0.2, 0.25) is 0 Å². The van der Waals surface area contributed by atoms with E-state index < -0.39 is 23.8 Å². The Morgan fingerprint density at radius 2 is 1.64 bits per heavy atom. The van der Waals surface area contributed by atoms with Crippen LogP contribution in [0.15, 0.2) is 111 Å². The van der Waals surface area contributed by atoms with Crippen molar-refractivity contribution < 1.29 is 28.2 Å². The normalized spacial score (nSPS) is 14.2.